The third-order valence-corrected chi connectivity index (χ3v) is 6.80. The molecule has 1 aromatic rings. The first-order valence-electron chi connectivity index (χ1n) is 13.6. The van der Waals surface area contributed by atoms with E-state index in [1.54, 1.807) is 0 Å². The summed E-state index contributed by atoms with van der Waals surface area (Å²) >= 11 is 0. The lowest BCUT2D eigenvalue weighted by Gasteiger charge is -2.26. The van der Waals surface area contributed by atoms with Gasteiger partial charge < -0.3 is 9.47 Å². The summed E-state index contributed by atoms with van der Waals surface area (Å²) in [6.07, 6.45) is 20.6. The highest BCUT2D eigenvalue weighted by atomic mass is 19.2. The Labute approximate surface area is 205 Å². The molecule has 0 aromatic heterocycles. The molecule has 0 radical (unpaired) electrons. The first-order chi connectivity index (χ1) is 16.7. The second-order valence-electron chi connectivity index (χ2n) is 9.72. The van der Waals surface area contributed by atoms with Crippen LogP contribution in [0.4, 0.5) is 13.2 Å². The molecule has 0 heterocycles. The summed E-state index contributed by atoms with van der Waals surface area (Å²) in [4.78, 5) is 0. The van der Waals surface area contributed by atoms with Crippen LogP contribution in [0.25, 0.3) is 0 Å². The zero-order chi connectivity index (χ0) is 24.4. The van der Waals surface area contributed by atoms with Crippen molar-refractivity contribution in [2.75, 3.05) is 19.9 Å². The van der Waals surface area contributed by atoms with Gasteiger partial charge in [0.25, 0.3) is 0 Å². The third kappa shape index (κ3) is 11.2. The minimum absolute atomic E-state index is 0.0265. The van der Waals surface area contributed by atoms with Crippen molar-refractivity contribution in [2.45, 2.75) is 103 Å². The molecule has 0 unspecified atom stereocenters. The molecule has 0 atom stereocenters. The molecule has 34 heavy (non-hydrogen) atoms. The van der Waals surface area contributed by atoms with Crippen LogP contribution < -0.4 is 9.47 Å². The molecular weight excluding hydrogens is 437 g/mol. The molecule has 1 saturated carbocycles. The van der Waals surface area contributed by atoms with Gasteiger partial charge in [0.1, 0.15) is 0 Å². The first-order valence-corrected chi connectivity index (χ1v) is 13.6. The number of hydrogen-bond donors (Lipinski definition) is 0. The number of unbranched alkanes of at least 4 members (excludes halogenated alkanes) is 9. The Balaban J connectivity index is 1.63. The fourth-order valence-corrected chi connectivity index (χ4v) is 4.56. The van der Waals surface area contributed by atoms with Gasteiger partial charge in [0.15, 0.2) is 11.5 Å². The van der Waals surface area contributed by atoms with Crippen LogP contribution in [-0.4, -0.2) is 19.9 Å². The van der Waals surface area contributed by atoms with Crippen molar-refractivity contribution >= 4 is 0 Å². The lowest BCUT2D eigenvalue weighted by atomic mass is 9.82. The predicted molar refractivity (Wildman–Crippen MR) is 134 cm³/mol. The van der Waals surface area contributed by atoms with Crippen molar-refractivity contribution in [2.24, 2.45) is 11.8 Å². The summed E-state index contributed by atoms with van der Waals surface area (Å²) in [5.74, 6) is -0.988. The molecule has 1 fully saturated rings. The number of hydrogen-bond acceptors (Lipinski definition) is 2. The topological polar surface area (TPSA) is 18.5 Å². The number of allylic oxidation sites excluding steroid dienone is 2. The summed E-state index contributed by atoms with van der Waals surface area (Å²) < 4.78 is 51.9. The van der Waals surface area contributed by atoms with Gasteiger partial charge in [-0.15, -0.1) is 0 Å². The molecule has 0 N–H and O–H groups in total. The standard InChI is InChI=1S/C29H45F3O2/c1-2-3-4-10-13-22-33-26-19-20-27(29(32)28(26)31)34-23-25-17-15-24(16-18-25)14-11-8-6-5-7-9-12-21-30/h11,14,19-20,24-25H,2-10,12-13,15-18,21-23H2,1H3. The van der Waals surface area contributed by atoms with Crippen molar-refractivity contribution in [3.05, 3.63) is 35.9 Å². The highest BCUT2D eigenvalue weighted by molar-refractivity contribution is 5.35. The van der Waals surface area contributed by atoms with Crippen LogP contribution in [-0.2, 0) is 0 Å². The van der Waals surface area contributed by atoms with Crippen LogP contribution in [0.15, 0.2) is 24.3 Å². The number of ether oxygens (including phenoxy) is 2. The van der Waals surface area contributed by atoms with E-state index in [1.807, 2.05) is 0 Å². The molecule has 1 aliphatic carbocycles. The molecular formula is C29H45F3O2. The highest BCUT2D eigenvalue weighted by Crippen LogP contribution is 2.32. The average Bonchev–Trinajstić information content (AvgIpc) is 2.85. The maximum absolute atomic E-state index is 14.4. The molecule has 5 heteroatoms. The summed E-state index contributed by atoms with van der Waals surface area (Å²) in [5, 5.41) is 0. The summed E-state index contributed by atoms with van der Waals surface area (Å²) in [6.45, 7) is 2.79. The molecule has 0 amide bonds. The van der Waals surface area contributed by atoms with Crippen LogP contribution in [0.5, 0.6) is 11.5 Å². The Hall–Kier alpha value is -1.65. The molecule has 1 aliphatic rings. The maximum Gasteiger partial charge on any atom is 0.204 e. The van der Waals surface area contributed by atoms with E-state index in [1.165, 1.54) is 37.8 Å². The largest absolute Gasteiger partial charge is 0.490 e. The molecule has 194 valence electrons. The Kier molecular flexibility index (Phi) is 14.9. The second-order valence-corrected chi connectivity index (χ2v) is 9.72. The van der Waals surface area contributed by atoms with Crippen LogP contribution in [0, 0.1) is 23.5 Å². The normalized spacial score (nSPS) is 18.5. The van der Waals surface area contributed by atoms with Gasteiger partial charge in [0.2, 0.25) is 11.6 Å². The zero-order valence-corrected chi connectivity index (χ0v) is 21.1. The van der Waals surface area contributed by atoms with E-state index in [0.29, 0.717) is 31.5 Å². The van der Waals surface area contributed by atoms with E-state index in [4.69, 9.17) is 9.47 Å². The molecule has 0 aliphatic heterocycles. The van der Waals surface area contributed by atoms with Crippen molar-refractivity contribution in [3.63, 3.8) is 0 Å². The highest BCUT2D eigenvalue weighted by Gasteiger charge is 2.22. The zero-order valence-electron chi connectivity index (χ0n) is 21.1. The van der Waals surface area contributed by atoms with Gasteiger partial charge in [-0.2, -0.15) is 8.78 Å². The minimum atomic E-state index is -0.956. The van der Waals surface area contributed by atoms with Crippen molar-refractivity contribution in [3.8, 4) is 11.5 Å². The van der Waals surface area contributed by atoms with Crippen LogP contribution in [0.1, 0.15) is 103 Å². The van der Waals surface area contributed by atoms with E-state index in [0.717, 1.165) is 64.2 Å². The lowest BCUT2D eigenvalue weighted by Crippen LogP contribution is -2.19. The van der Waals surface area contributed by atoms with Gasteiger partial charge in [0.05, 0.1) is 19.9 Å². The SMILES string of the molecule is CCCCCCCOc1ccc(OCC2CCC(C=CCCCCCCCF)CC2)c(F)c1F. The Morgan fingerprint density at radius 3 is 2.12 bits per heavy atom. The van der Waals surface area contributed by atoms with Gasteiger partial charge in [-0.25, -0.2) is 0 Å². The van der Waals surface area contributed by atoms with Crippen LogP contribution >= 0.6 is 0 Å². The minimum Gasteiger partial charge on any atom is -0.490 e. The van der Waals surface area contributed by atoms with Crippen LogP contribution in [0.3, 0.4) is 0 Å². The Morgan fingerprint density at radius 2 is 1.41 bits per heavy atom. The lowest BCUT2D eigenvalue weighted by molar-refractivity contribution is 0.186. The second kappa shape index (κ2) is 17.7. The van der Waals surface area contributed by atoms with Gasteiger partial charge in [0, 0.05) is 0 Å². The monoisotopic (exact) mass is 482 g/mol. The van der Waals surface area contributed by atoms with E-state index >= 15 is 0 Å². The summed E-state index contributed by atoms with van der Waals surface area (Å²) in [7, 11) is 0. The molecule has 0 bridgehead atoms. The first kappa shape index (κ1) is 28.6. The van der Waals surface area contributed by atoms with Crippen molar-refractivity contribution in [1.82, 2.24) is 0 Å². The van der Waals surface area contributed by atoms with Gasteiger partial charge in [-0.05, 0) is 75.3 Å². The van der Waals surface area contributed by atoms with Gasteiger partial charge >= 0.3 is 0 Å². The molecule has 2 nitrogen and oxygen atoms in total. The third-order valence-electron chi connectivity index (χ3n) is 6.80. The average molecular weight is 483 g/mol. The number of rotatable bonds is 18. The number of alkyl halides is 1. The van der Waals surface area contributed by atoms with E-state index < -0.39 is 11.6 Å². The molecule has 2 rings (SSSR count). The fraction of sp³-hybridized carbons (Fsp3) is 0.724. The molecule has 1 aromatic carbocycles. The van der Waals surface area contributed by atoms with Crippen molar-refractivity contribution in [1.29, 1.82) is 0 Å². The Bertz CT molecular complexity index is 684. The van der Waals surface area contributed by atoms with Crippen LogP contribution in [0.2, 0.25) is 0 Å². The van der Waals surface area contributed by atoms with Gasteiger partial charge in [-0.1, -0.05) is 64.0 Å². The Morgan fingerprint density at radius 1 is 0.794 bits per heavy atom. The number of benzene rings is 1. The quantitative estimate of drug-likeness (QED) is 0.153. The molecule has 0 saturated heterocycles. The van der Waals surface area contributed by atoms with E-state index in [2.05, 4.69) is 19.1 Å². The van der Waals surface area contributed by atoms with E-state index in [-0.39, 0.29) is 18.2 Å². The van der Waals surface area contributed by atoms with E-state index in [9.17, 15) is 13.2 Å². The fourth-order valence-electron chi connectivity index (χ4n) is 4.56. The maximum atomic E-state index is 14.4. The van der Waals surface area contributed by atoms with Crippen molar-refractivity contribution < 1.29 is 22.6 Å². The predicted octanol–water partition coefficient (Wildman–Crippen LogP) is 9.37. The summed E-state index contributed by atoms with van der Waals surface area (Å²) in [5.41, 5.74) is 0. The van der Waals surface area contributed by atoms with Gasteiger partial charge in [-0.3, -0.25) is 4.39 Å². The number of halogens is 3. The molecule has 0 spiro atoms. The smallest absolute Gasteiger partial charge is 0.204 e. The summed E-state index contributed by atoms with van der Waals surface area (Å²) in [6, 6.07) is 2.96.